The van der Waals surface area contributed by atoms with Crippen LogP contribution >= 0.6 is 23.2 Å². The third kappa shape index (κ3) is 3.69. The second-order valence-electron chi connectivity index (χ2n) is 4.43. The zero-order chi connectivity index (χ0) is 13.8. The van der Waals surface area contributed by atoms with E-state index in [1.54, 1.807) is 6.07 Å². The lowest BCUT2D eigenvalue weighted by molar-refractivity contribution is 0.625. The Kier molecular flexibility index (Phi) is 4.81. The molecule has 0 saturated carbocycles. The highest BCUT2D eigenvalue weighted by molar-refractivity contribution is 6.31. The normalized spacial score (nSPS) is 12.4. The van der Waals surface area contributed by atoms with Gasteiger partial charge in [0.05, 0.1) is 0 Å². The SMILES string of the molecule is NCC(Cc1ccc(F)cc1Cl)c1cccc(Cl)c1. The molecule has 2 N–H and O–H groups in total. The Morgan fingerprint density at radius 2 is 1.89 bits per heavy atom. The van der Waals surface area contributed by atoms with E-state index in [0.717, 1.165) is 11.1 Å². The molecule has 0 fully saturated rings. The summed E-state index contributed by atoms with van der Waals surface area (Å²) >= 11 is 12.0. The average molecular weight is 298 g/mol. The first-order valence-corrected chi connectivity index (χ1v) is 6.75. The van der Waals surface area contributed by atoms with Gasteiger partial charge >= 0.3 is 0 Å². The monoisotopic (exact) mass is 297 g/mol. The molecule has 1 nitrogen and oxygen atoms in total. The van der Waals surface area contributed by atoms with Crippen LogP contribution in [-0.2, 0) is 6.42 Å². The summed E-state index contributed by atoms with van der Waals surface area (Å²) < 4.78 is 13.0. The number of nitrogens with two attached hydrogens (primary N) is 1. The number of halogens is 3. The third-order valence-electron chi connectivity index (χ3n) is 3.09. The zero-order valence-corrected chi connectivity index (χ0v) is 11.8. The summed E-state index contributed by atoms with van der Waals surface area (Å²) in [6.07, 6.45) is 0.663. The number of hydrogen-bond donors (Lipinski definition) is 1. The fourth-order valence-corrected chi connectivity index (χ4v) is 2.49. The van der Waals surface area contributed by atoms with Crippen LogP contribution in [0.2, 0.25) is 10.0 Å². The first-order valence-electron chi connectivity index (χ1n) is 5.99. The molecule has 0 saturated heterocycles. The molecule has 19 heavy (non-hydrogen) atoms. The molecule has 0 radical (unpaired) electrons. The van der Waals surface area contributed by atoms with Crippen molar-refractivity contribution in [1.82, 2.24) is 0 Å². The van der Waals surface area contributed by atoms with Crippen molar-refractivity contribution < 1.29 is 4.39 Å². The molecule has 2 rings (SSSR count). The molecule has 1 unspecified atom stereocenters. The minimum absolute atomic E-state index is 0.113. The number of hydrogen-bond acceptors (Lipinski definition) is 1. The molecule has 0 bridgehead atoms. The topological polar surface area (TPSA) is 26.0 Å². The molecule has 4 heteroatoms. The van der Waals surface area contributed by atoms with Gasteiger partial charge in [0, 0.05) is 16.0 Å². The van der Waals surface area contributed by atoms with Crippen molar-refractivity contribution in [2.24, 2.45) is 5.73 Å². The molecular formula is C15H14Cl2FN. The first kappa shape index (κ1) is 14.3. The summed E-state index contributed by atoms with van der Waals surface area (Å²) in [6.45, 7) is 0.480. The smallest absolute Gasteiger partial charge is 0.124 e. The zero-order valence-electron chi connectivity index (χ0n) is 10.2. The Balaban J connectivity index is 2.24. The van der Waals surface area contributed by atoms with Crippen molar-refractivity contribution >= 4 is 23.2 Å². The minimum Gasteiger partial charge on any atom is -0.330 e. The fourth-order valence-electron chi connectivity index (χ4n) is 2.05. The molecule has 2 aromatic rings. The molecule has 2 aromatic carbocycles. The van der Waals surface area contributed by atoms with E-state index >= 15 is 0 Å². The maximum absolute atomic E-state index is 13.0. The minimum atomic E-state index is -0.333. The molecule has 0 heterocycles. The van der Waals surface area contributed by atoms with Crippen LogP contribution in [0.15, 0.2) is 42.5 Å². The van der Waals surface area contributed by atoms with Gasteiger partial charge in [-0.3, -0.25) is 0 Å². The van der Waals surface area contributed by atoms with Crippen molar-refractivity contribution in [3.8, 4) is 0 Å². The number of rotatable bonds is 4. The van der Waals surface area contributed by atoms with Crippen LogP contribution < -0.4 is 5.73 Å². The number of benzene rings is 2. The first-order chi connectivity index (χ1) is 9.10. The molecular weight excluding hydrogens is 284 g/mol. The van der Waals surface area contributed by atoms with Gasteiger partial charge in [0.25, 0.3) is 0 Å². The molecule has 0 aromatic heterocycles. The molecule has 0 aliphatic carbocycles. The summed E-state index contributed by atoms with van der Waals surface area (Å²) in [5.41, 5.74) is 7.78. The Labute approximate surface area is 122 Å². The predicted octanol–water partition coefficient (Wildman–Crippen LogP) is 4.42. The van der Waals surface area contributed by atoms with Crippen molar-refractivity contribution in [1.29, 1.82) is 0 Å². The summed E-state index contributed by atoms with van der Waals surface area (Å²) in [6, 6.07) is 12.0. The summed E-state index contributed by atoms with van der Waals surface area (Å²) in [7, 11) is 0. The Hall–Kier alpha value is -1.09. The molecule has 0 aliphatic rings. The Morgan fingerprint density at radius 1 is 1.11 bits per heavy atom. The molecule has 0 spiro atoms. The predicted molar refractivity (Wildman–Crippen MR) is 78.4 cm³/mol. The van der Waals surface area contributed by atoms with E-state index in [-0.39, 0.29) is 11.7 Å². The molecule has 0 aliphatic heterocycles. The maximum atomic E-state index is 13.0. The summed E-state index contributed by atoms with van der Waals surface area (Å²) in [5, 5.41) is 1.11. The van der Waals surface area contributed by atoms with Crippen molar-refractivity contribution in [3.63, 3.8) is 0 Å². The summed E-state index contributed by atoms with van der Waals surface area (Å²) in [4.78, 5) is 0. The van der Waals surface area contributed by atoms with Crippen molar-refractivity contribution in [2.75, 3.05) is 6.54 Å². The van der Waals surface area contributed by atoms with E-state index < -0.39 is 0 Å². The van der Waals surface area contributed by atoms with Crippen LogP contribution in [0.1, 0.15) is 17.0 Å². The van der Waals surface area contributed by atoms with E-state index in [4.69, 9.17) is 28.9 Å². The van der Waals surface area contributed by atoms with Gasteiger partial charge in [-0.15, -0.1) is 0 Å². The van der Waals surface area contributed by atoms with Gasteiger partial charge in [-0.05, 0) is 48.4 Å². The van der Waals surface area contributed by atoms with Gasteiger partial charge in [0.2, 0.25) is 0 Å². The van der Waals surface area contributed by atoms with Crippen LogP contribution in [0.25, 0.3) is 0 Å². The maximum Gasteiger partial charge on any atom is 0.124 e. The van der Waals surface area contributed by atoms with Crippen LogP contribution in [0, 0.1) is 5.82 Å². The summed E-state index contributed by atoms with van der Waals surface area (Å²) in [5.74, 6) is -0.220. The highest BCUT2D eigenvalue weighted by Gasteiger charge is 2.13. The van der Waals surface area contributed by atoms with E-state index in [1.165, 1.54) is 12.1 Å². The quantitative estimate of drug-likeness (QED) is 0.888. The second kappa shape index (κ2) is 6.38. The second-order valence-corrected chi connectivity index (χ2v) is 5.27. The lowest BCUT2D eigenvalue weighted by atomic mass is 9.92. The molecule has 0 amide bonds. The van der Waals surface area contributed by atoms with Gasteiger partial charge in [-0.1, -0.05) is 41.4 Å². The standard InChI is InChI=1S/C15H14Cl2FN/c16-13-3-1-2-10(7-13)12(9-19)6-11-4-5-14(18)8-15(11)17/h1-5,7-8,12H,6,9,19H2. The van der Waals surface area contributed by atoms with Gasteiger partial charge in [0.1, 0.15) is 5.82 Å². The highest BCUT2D eigenvalue weighted by Crippen LogP contribution is 2.26. The van der Waals surface area contributed by atoms with Crippen LogP contribution in [0.4, 0.5) is 4.39 Å². The van der Waals surface area contributed by atoms with E-state index in [1.807, 2.05) is 24.3 Å². The fraction of sp³-hybridized carbons (Fsp3) is 0.200. The van der Waals surface area contributed by atoms with Crippen molar-refractivity contribution in [3.05, 3.63) is 69.5 Å². The lowest BCUT2D eigenvalue weighted by Crippen LogP contribution is -2.15. The lowest BCUT2D eigenvalue weighted by Gasteiger charge is -2.16. The average Bonchev–Trinajstić information content (AvgIpc) is 2.38. The highest BCUT2D eigenvalue weighted by atomic mass is 35.5. The van der Waals surface area contributed by atoms with Crippen LogP contribution in [-0.4, -0.2) is 6.54 Å². The van der Waals surface area contributed by atoms with E-state index in [2.05, 4.69) is 0 Å². The van der Waals surface area contributed by atoms with Crippen LogP contribution in [0.5, 0.6) is 0 Å². The van der Waals surface area contributed by atoms with E-state index in [9.17, 15) is 4.39 Å². The van der Waals surface area contributed by atoms with Gasteiger partial charge in [-0.2, -0.15) is 0 Å². The third-order valence-corrected chi connectivity index (χ3v) is 3.67. The van der Waals surface area contributed by atoms with Crippen LogP contribution in [0.3, 0.4) is 0 Å². The van der Waals surface area contributed by atoms with Crippen molar-refractivity contribution in [2.45, 2.75) is 12.3 Å². The Bertz CT molecular complexity index is 572. The Morgan fingerprint density at radius 3 is 2.53 bits per heavy atom. The van der Waals surface area contributed by atoms with Gasteiger partial charge in [-0.25, -0.2) is 4.39 Å². The van der Waals surface area contributed by atoms with E-state index in [0.29, 0.717) is 23.0 Å². The molecule has 1 atom stereocenters. The largest absolute Gasteiger partial charge is 0.330 e. The van der Waals surface area contributed by atoms with Gasteiger partial charge in [0.15, 0.2) is 0 Å². The molecule has 100 valence electrons. The van der Waals surface area contributed by atoms with Gasteiger partial charge < -0.3 is 5.73 Å².